The lowest BCUT2D eigenvalue weighted by atomic mass is 9.99. The summed E-state index contributed by atoms with van der Waals surface area (Å²) in [6.45, 7) is 0. The second-order valence-corrected chi connectivity index (χ2v) is 3.87. The van der Waals surface area contributed by atoms with Gasteiger partial charge >= 0.3 is 0 Å². The number of hydrogen-bond acceptors (Lipinski definition) is 3. The van der Waals surface area contributed by atoms with Gasteiger partial charge in [0.05, 0.1) is 6.20 Å². The molecule has 4 heteroatoms. The van der Waals surface area contributed by atoms with E-state index in [0.29, 0.717) is 5.69 Å². The average Bonchev–Trinajstić information content (AvgIpc) is 2.91. The van der Waals surface area contributed by atoms with E-state index in [2.05, 4.69) is 15.4 Å². The number of aliphatic hydroxyl groups is 1. The molecule has 0 radical (unpaired) electrons. The Morgan fingerprint density at radius 2 is 1.88 bits per heavy atom. The first-order valence-corrected chi connectivity index (χ1v) is 5.37. The zero-order chi connectivity index (χ0) is 11.7. The van der Waals surface area contributed by atoms with E-state index in [-0.39, 0.29) is 0 Å². The van der Waals surface area contributed by atoms with Crippen LogP contribution >= 0.6 is 0 Å². The first kappa shape index (κ1) is 9.99. The van der Waals surface area contributed by atoms with Gasteiger partial charge in [0.1, 0.15) is 11.8 Å². The third-order valence-electron chi connectivity index (χ3n) is 2.83. The molecule has 4 nitrogen and oxygen atoms in total. The van der Waals surface area contributed by atoms with E-state index < -0.39 is 6.10 Å². The van der Waals surface area contributed by atoms with E-state index in [1.54, 1.807) is 0 Å². The standard InChI is InChI=1S/C13H11N3O/c17-13(12-8-14-16-15-12)11-7-3-5-9-4-1-2-6-10(9)11/h1-8,13,17H,(H,14,15,16). The van der Waals surface area contributed by atoms with Gasteiger partial charge in [0.2, 0.25) is 0 Å². The molecule has 0 spiro atoms. The fraction of sp³-hybridized carbons (Fsp3) is 0.0769. The minimum absolute atomic E-state index is 0.529. The molecule has 2 N–H and O–H groups in total. The van der Waals surface area contributed by atoms with E-state index in [0.717, 1.165) is 16.3 Å². The number of nitrogens with zero attached hydrogens (tertiary/aromatic N) is 2. The monoisotopic (exact) mass is 225 g/mol. The molecule has 1 atom stereocenters. The number of benzene rings is 2. The lowest BCUT2D eigenvalue weighted by Crippen LogP contribution is -2.00. The molecule has 1 heterocycles. The van der Waals surface area contributed by atoms with E-state index in [4.69, 9.17) is 0 Å². The molecular weight excluding hydrogens is 214 g/mol. The number of H-pyrrole nitrogens is 1. The van der Waals surface area contributed by atoms with Crippen molar-refractivity contribution in [1.82, 2.24) is 15.4 Å². The fourth-order valence-corrected chi connectivity index (χ4v) is 1.99. The van der Waals surface area contributed by atoms with Crippen LogP contribution in [-0.2, 0) is 0 Å². The highest BCUT2D eigenvalue weighted by Gasteiger charge is 2.15. The molecule has 84 valence electrons. The Kier molecular flexibility index (Phi) is 2.34. The number of nitrogens with one attached hydrogen (secondary N) is 1. The van der Waals surface area contributed by atoms with Crippen LogP contribution in [0.3, 0.4) is 0 Å². The SMILES string of the molecule is OC(c1cn[nH]n1)c1cccc2ccccc12. The number of aromatic nitrogens is 3. The van der Waals surface area contributed by atoms with Crippen molar-refractivity contribution in [2.75, 3.05) is 0 Å². The van der Waals surface area contributed by atoms with Crippen molar-refractivity contribution < 1.29 is 5.11 Å². The Balaban J connectivity index is 2.17. The van der Waals surface area contributed by atoms with E-state index >= 15 is 0 Å². The molecule has 17 heavy (non-hydrogen) atoms. The lowest BCUT2D eigenvalue weighted by molar-refractivity contribution is 0.217. The zero-order valence-corrected chi connectivity index (χ0v) is 9.04. The number of aromatic amines is 1. The first-order chi connectivity index (χ1) is 8.36. The van der Waals surface area contributed by atoms with E-state index in [1.165, 1.54) is 6.20 Å². The van der Waals surface area contributed by atoms with Gasteiger partial charge in [-0.1, -0.05) is 42.5 Å². The van der Waals surface area contributed by atoms with Gasteiger partial charge in [-0.25, -0.2) is 0 Å². The van der Waals surface area contributed by atoms with Crippen molar-refractivity contribution in [3.05, 3.63) is 59.9 Å². The van der Waals surface area contributed by atoms with Gasteiger partial charge in [0.25, 0.3) is 0 Å². The van der Waals surface area contributed by atoms with Crippen LogP contribution < -0.4 is 0 Å². The maximum absolute atomic E-state index is 10.3. The third-order valence-corrected chi connectivity index (χ3v) is 2.83. The van der Waals surface area contributed by atoms with Crippen LogP contribution in [0.1, 0.15) is 17.4 Å². The van der Waals surface area contributed by atoms with Crippen LogP contribution in [0.15, 0.2) is 48.7 Å². The summed E-state index contributed by atoms with van der Waals surface area (Å²) in [6, 6.07) is 13.8. The Labute approximate surface area is 97.9 Å². The van der Waals surface area contributed by atoms with Crippen molar-refractivity contribution in [2.45, 2.75) is 6.10 Å². The molecule has 1 unspecified atom stereocenters. The van der Waals surface area contributed by atoms with Gasteiger partial charge in [0, 0.05) is 0 Å². The molecule has 1 aromatic heterocycles. The van der Waals surface area contributed by atoms with Gasteiger partial charge in [0.15, 0.2) is 0 Å². The van der Waals surface area contributed by atoms with Crippen molar-refractivity contribution in [3.63, 3.8) is 0 Å². The largest absolute Gasteiger partial charge is 0.382 e. The summed E-state index contributed by atoms with van der Waals surface area (Å²) in [6.07, 6.45) is 0.784. The summed E-state index contributed by atoms with van der Waals surface area (Å²) in [4.78, 5) is 0. The number of rotatable bonds is 2. The number of aliphatic hydroxyl groups excluding tert-OH is 1. The molecule has 0 aliphatic heterocycles. The number of fused-ring (bicyclic) bond motifs is 1. The highest BCUT2D eigenvalue weighted by molar-refractivity contribution is 5.86. The Bertz CT molecular complexity index is 629. The minimum atomic E-state index is -0.750. The van der Waals surface area contributed by atoms with Crippen molar-refractivity contribution in [3.8, 4) is 0 Å². The summed E-state index contributed by atoms with van der Waals surface area (Å²) in [5, 5.41) is 22.5. The zero-order valence-electron chi connectivity index (χ0n) is 9.04. The van der Waals surface area contributed by atoms with Gasteiger partial charge in [-0.05, 0) is 16.3 Å². The van der Waals surface area contributed by atoms with Crippen LogP contribution in [0, 0.1) is 0 Å². The molecule has 0 bridgehead atoms. The van der Waals surface area contributed by atoms with Crippen LogP contribution in [0.25, 0.3) is 10.8 Å². The number of hydrogen-bond donors (Lipinski definition) is 2. The first-order valence-electron chi connectivity index (χ1n) is 5.37. The Hall–Kier alpha value is -2.20. The van der Waals surface area contributed by atoms with Crippen LogP contribution in [0.5, 0.6) is 0 Å². The second kappa shape index (κ2) is 3.99. The molecule has 0 saturated heterocycles. The summed E-state index contributed by atoms with van der Waals surface area (Å²) in [5.41, 5.74) is 1.37. The molecule has 0 fully saturated rings. The van der Waals surface area contributed by atoms with Gasteiger partial charge in [-0.15, -0.1) is 0 Å². The van der Waals surface area contributed by atoms with Gasteiger partial charge in [-0.3, -0.25) is 0 Å². The molecule has 0 saturated carbocycles. The summed E-state index contributed by atoms with van der Waals surface area (Å²) >= 11 is 0. The van der Waals surface area contributed by atoms with Crippen molar-refractivity contribution in [2.24, 2.45) is 0 Å². The highest BCUT2D eigenvalue weighted by atomic mass is 16.3. The second-order valence-electron chi connectivity index (χ2n) is 3.87. The van der Waals surface area contributed by atoms with Crippen molar-refractivity contribution in [1.29, 1.82) is 0 Å². The molecule has 3 rings (SSSR count). The molecule has 0 aliphatic carbocycles. The van der Waals surface area contributed by atoms with E-state index in [1.807, 2.05) is 42.5 Å². The lowest BCUT2D eigenvalue weighted by Gasteiger charge is -2.10. The van der Waals surface area contributed by atoms with Crippen LogP contribution in [-0.4, -0.2) is 20.5 Å². The predicted octanol–water partition coefficient (Wildman–Crippen LogP) is 2.04. The molecule has 2 aromatic carbocycles. The molecule has 0 aliphatic rings. The maximum Gasteiger partial charge on any atom is 0.125 e. The fourth-order valence-electron chi connectivity index (χ4n) is 1.99. The summed E-state index contributed by atoms with van der Waals surface area (Å²) in [5.74, 6) is 0. The summed E-state index contributed by atoms with van der Waals surface area (Å²) in [7, 11) is 0. The molecular formula is C13H11N3O. The molecule has 3 aromatic rings. The normalized spacial score (nSPS) is 12.8. The van der Waals surface area contributed by atoms with Crippen LogP contribution in [0.4, 0.5) is 0 Å². The third kappa shape index (κ3) is 1.68. The smallest absolute Gasteiger partial charge is 0.125 e. The Morgan fingerprint density at radius 3 is 2.71 bits per heavy atom. The highest BCUT2D eigenvalue weighted by Crippen LogP contribution is 2.27. The van der Waals surface area contributed by atoms with Gasteiger partial charge < -0.3 is 5.11 Å². The topological polar surface area (TPSA) is 61.8 Å². The summed E-state index contributed by atoms with van der Waals surface area (Å²) < 4.78 is 0. The van der Waals surface area contributed by atoms with Gasteiger partial charge in [-0.2, -0.15) is 15.4 Å². The Morgan fingerprint density at radius 1 is 1.06 bits per heavy atom. The van der Waals surface area contributed by atoms with Crippen molar-refractivity contribution >= 4 is 10.8 Å². The predicted molar refractivity (Wildman–Crippen MR) is 64.4 cm³/mol. The molecule has 0 amide bonds. The minimum Gasteiger partial charge on any atom is -0.382 e. The van der Waals surface area contributed by atoms with Crippen LogP contribution in [0.2, 0.25) is 0 Å². The maximum atomic E-state index is 10.3. The van der Waals surface area contributed by atoms with E-state index in [9.17, 15) is 5.11 Å². The average molecular weight is 225 g/mol. The quantitative estimate of drug-likeness (QED) is 0.701.